The van der Waals surface area contributed by atoms with E-state index < -0.39 is 42.4 Å². The van der Waals surface area contributed by atoms with Gasteiger partial charge >= 0.3 is 0 Å². The number of hydrogen-bond donors (Lipinski definition) is 2. The quantitative estimate of drug-likeness (QED) is 0.495. The Hall–Kier alpha value is -0.930. The predicted octanol–water partition coefficient (Wildman–Crippen LogP) is 0.326. The Morgan fingerprint density at radius 1 is 0.700 bits per heavy atom. The summed E-state index contributed by atoms with van der Waals surface area (Å²) in [5, 5.41) is 16.1. The molecule has 0 unspecified atom stereocenters. The Morgan fingerprint density at radius 3 is 1.00 bits per heavy atom. The van der Waals surface area contributed by atoms with Gasteiger partial charge in [0.25, 0.3) is 10.9 Å². The molecule has 0 aromatic heterocycles. The smallest absolute Gasteiger partial charge is 0.275 e. The zero-order valence-corrected chi connectivity index (χ0v) is 12.7. The fourth-order valence-electron chi connectivity index (χ4n) is 0.704. The average molecular weight is 384 g/mol. The minimum absolute atomic E-state index is 0.142. The van der Waals surface area contributed by atoms with Crippen molar-refractivity contribution in [3.05, 3.63) is 50.9 Å². The third kappa shape index (κ3) is 4.57. The van der Waals surface area contributed by atoms with E-state index in [1.165, 1.54) is 0 Å². The van der Waals surface area contributed by atoms with E-state index in [0.717, 1.165) is 0 Å². The summed E-state index contributed by atoms with van der Waals surface area (Å²) in [5.41, 5.74) is -3.39. The lowest BCUT2D eigenvalue weighted by Gasteiger charge is -1.92. The molecule has 0 spiro atoms. The highest BCUT2D eigenvalue weighted by Crippen LogP contribution is 2.13. The molecule has 0 fully saturated rings. The molecule has 0 atom stereocenters. The Morgan fingerprint density at radius 2 is 0.900 bits per heavy atom. The van der Waals surface area contributed by atoms with Gasteiger partial charge in [-0.2, -0.15) is 0 Å². The molecule has 12 heteroatoms. The van der Waals surface area contributed by atoms with Crippen molar-refractivity contribution in [1.29, 1.82) is 0 Å². The zero-order valence-electron chi connectivity index (χ0n) is 8.86. The second kappa shape index (κ2) is 7.75. The fourth-order valence-corrected chi connectivity index (χ4v) is 1.05. The van der Waals surface area contributed by atoms with Crippen LogP contribution in [0.5, 0.6) is 11.5 Å². The molecule has 0 aliphatic rings. The molecule has 0 heterocycles. The van der Waals surface area contributed by atoms with Gasteiger partial charge in [-0.25, -0.2) is 4.21 Å². The zero-order chi connectivity index (χ0) is 16.2. The molecule has 7 nitrogen and oxygen atoms in total. The van der Waals surface area contributed by atoms with Crippen molar-refractivity contribution in [3.8, 4) is 11.5 Å². The Balaban J connectivity index is 0.000000289. The Kier molecular flexibility index (Phi) is 7.39. The van der Waals surface area contributed by atoms with E-state index >= 15 is 0 Å². The summed E-state index contributed by atoms with van der Waals surface area (Å²) in [4.78, 5) is 40.2. The van der Waals surface area contributed by atoms with Gasteiger partial charge in [-0.05, 0) is 0 Å². The number of halogens is 4. The highest BCUT2D eigenvalue weighted by Gasteiger charge is 2.17. The van der Waals surface area contributed by atoms with Crippen LogP contribution in [0.25, 0.3) is 0 Å². The minimum Gasteiger partial charge on any atom is -0.501 e. The van der Waals surface area contributed by atoms with Crippen LogP contribution in [0.2, 0.25) is 10.0 Å². The molecule has 2 rings (SSSR count). The van der Waals surface area contributed by atoms with Gasteiger partial charge in [-0.3, -0.25) is 19.2 Å². The first-order chi connectivity index (χ1) is 9.02. The summed E-state index contributed by atoms with van der Waals surface area (Å²) < 4.78 is 9.09. The van der Waals surface area contributed by atoms with Gasteiger partial charge in [0.05, 0.1) is 0 Å². The van der Waals surface area contributed by atoms with Crippen LogP contribution in [-0.2, 0) is 9.23 Å². The molecule has 0 aliphatic carbocycles. The van der Waals surface area contributed by atoms with Crippen LogP contribution < -0.4 is 21.7 Å². The number of aromatic hydroxyl groups is 2. The molecule has 2 aromatic rings. The van der Waals surface area contributed by atoms with Crippen molar-refractivity contribution in [2.45, 2.75) is 0 Å². The topological polar surface area (TPSA) is 126 Å². The lowest BCUT2D eigenvalue weighted by molar-refractivity contribution is 0.384. The normalized spacial score (nSPS) is 9.85. The van der Waals surface area contributed by atoms with Crippen molar-refractivity contribution < 1.29 is 14.4 Å². The summed E-state index contributed by atoms with van der Waals surface area (Å²) >= 11 is 10.2. The summed E-state index contributed by atoms with van der Waals surface area (Å²) in [6.45, 7) is 0. The third-order valence-corrected chi connectivity index (χ3v) is 2.48. The minimum atomic E-state index is -1.67. The molecule has 20 heavy (non-hydrogen) atoms. The van der Waals surface area contributed by atoms with Crippen LogP contribution in [-0.4, -0.2) is 14.4 Å². The van der Waals surface area contributed by atoms with Gasteiger partial charge in [0.2, 0.25) is 31.6 Å². The lowest BCUT2D eigenvalue weighted by Crippen LogP contribution is -2.31. The van der Waals surface area contributed by atoms with Gasteiger partial charge in [0.15, 0.2) is 0 Å². The molecule has 0 aliphatic heterocycles. The highest BCUT2D eigenvalue weighted by atomic mass is 36.0. The number of rotatable bonds is 0. The maximum absolute atomic E-state index is 10.1. The molecule has 2 aromatic carbocycles. The van der Waals surface area contributed by atoms with Crippen molar-refractivity contribution >= 4 is 53.8 Å². The van der Waals surface area contributed by atoms with Gasteiger partial charge in [0.1, 0.15) is 10.0 Å². The van der Waals surface area contributed by atoms with Gasteiger partial charge in [0, 0.05) is 21.4 Å². The first kappa shape index (κ1) is 19.1. The van der Waals surface area contributed by atoms with Crippen LogP contribution in [0.4, 0.5) is 0 Å². The van der Waals surface area contributed by atoms with Crippen LogP contribution in [0, 0.1) is 0 Å². The highest BCUT2D eigenvalue weighted by molar-refractivity contribution is 8.26. The van der Waals surface area contributed by atoms with Crippen molar-refractivity contribution in [3.63, 3.8) is 0 Å². The SMILES string of the molecule is O=S(Cl)Cl.O=c1c(Cl)c(Cl)c1=O.O=c1c(O)c(O)c1=O. The summed E-state index contributed by atoms with van der Waals surface area (Å²) in [7, 11) is 7.36. The molecule has 0 saturated heterocycles. The van der Waals surface area contributed by atoms with Crippen LogP contribution in [0.15, 0.2) is 19.2 Å². The average Bonchev–Trinajstić information content (AvgIpc) is 2.42. The van der Waals surface area contributed by atoms with Crippen molar-refractivity contribution in [2.75, 3.05) is 0 Å². The van der Waals surface area contributed by atoms with E-state index in [4.69, 9.17) is 37.6 Å². The molecule has 0 amide bonds. The Labute approximate surface area is 130 Å². The molecule has 110 valence electrons. The maximum atomic E-state index is 10.1. The molecule has 0 radical (unpaired) electrons. The van der Waals surface area contributed by atoms with Crippen LogP contribution >= 0.6 is 44.6 Å². The fraction of sp³-hybridized carbons (Fsp3) is 0. The standard InChI is InChI=1S/C4Cl2O2.C4H2O4.Cl2OS/c2*5-1-2(6)4(8)3(1)7;1-4(2)3/h;5-6H;. The van der Waals surface area contributed by atoms with E-state index in [0.29, 0.717) is 0 Å². The predicted molar refractivity (Wildman–Crippen MR) is 75.9 cm³/mol. The lowest BCUT2D eigenvalue weighted by atomic mass is 10.2. The third-order valence-electron chi connectivity index (χ3n) is 1.66. The van der Waals surface area contributed by atoms with Gasteiger partial charge < -0.3 is 10.2 Å². The second-order valence-electron chi connectivity index (χ2n) is 2.83. The van der Waals surface area contributed by atoms with E-state index in [-0.39, 0.29) is 10.0 Å². The molecular formula is C8H2Cl4O7S. The molecule has 2 N–H and O–H groups in total. The van der Waals surface area contributed by atoms with Gasteiger partial charge in [-0.1, -0.05) is 23.2 Å². The van der Waals surface area contributed by atoms with Crippen molar-refractivity contribution in [2.24, 2.45) is 0 Å². The molecule has 0 bridgehead atoms. The van der Waals surface area contributed by atoms with E-state index in [1.807, 2.05) is 0 Å². The second-order valence-corrected chi connectivity index (χ2v) is 6.11. The first-order valence-electron chi connectivity index (χ1n) is 4.12. The summed E-state index contributed by atoms with van der Waals surface area (Å²) in [6, 6.07) is 0. The van der Waals surface area contributed by atoms with Crippen LogP contribution in [0.3, 0.4) is 0 Å². The molecular weight excluding hydrogens is 382 g/mol. The van der Waals surface area contributed by atoms with E-state index in [9.17, 15) is 19.2 Å². The Bertz CT molecular complexity index is 657. The van der Waals surface area contributed by atoms with E-state index in [1.54, 1.807) is 0 Å². The molecule has 0 saturated carbocycles. The first-order valence-corrected chi connectivity index (χ1v) is 7.68. The van der Waals surface area contributed by atoms with Crippen LogP contribution in [0.1, 0.15) is 0 Å². The monoisotopic (exact) mass is 382 g/mol. The maximum Gasteiger partial charge on any atom is 0.275 e. The van der Waals surface area contributed by atoms with E-state index in [2.05, 4.69) is 21.4 Å². The largest absolute Gasteiger partial charge is 0.501 e. The van der Waals surface area contributed by atoms with Gasteiger partial charge in [-0.15, -0.1) is 0 Å². The summed E-state index contributed by atoms with van der Waals surface area (Å²) in [6.07, 6.45) is 0. The van der Waals surface area contributed by atoms with Crippen molar-refractivity contribution in [1.82, 2.24) is 0 Å². The number of hydrogen-bond acceptors (Lipinski definition) is 7. The summed E-state index contributed by atoms with van der Waals surface area (Å²) in [5.74, 6) is -1.65.